The van der Waals surface area contributed by atoms with Gasteiger partial charge in [-0.15, -0.1) is 0 Å². The van der Waals surface area contributed by atoms with Gasteiger partial charge in [-0.2, -0.15) is 0 Å². The Hall–Kier alpha value is -2.88. The van der Waals surface area contributed by atoms with Crippen LogP contribution in [-0.2, 0) is 27.5 Å². The van der Waals surface area contributed by atoms with Crippen molar-refractivity contribution in [3.05, 3.63) is 84.4 Å². The summed E-state index contributed by atoms with van der Waals surface area (Å²) in [6.07, 6.45) is 1.20. The van der Waals surface area contributed by atoms with Gasteiger partial charge in [-0.3, -0.25) is 9.59 Å². The number of carbonyl (C=O) groups is 2. The van der Waals surface area contributed by atoms with Crippen molar-refractivity contribution in [1.29, 1.82) is 0 Å². The normalized spacial score (nSPS) is 9.91. The molecule has 2 aromatic rings. The quantitative estimate of drug-likeness (QED) is 0.583. The van der Waals surface area contributed by atoms with Crippen LogP contribution in [0.2, 0.25) is 0 Å². The van der Waals surface area contributed by atoms with Crippen LogP contribution in [0, 0.1) is 0 Å². The molecule has 0 bridgehead atoms. The van der Waals surface area contributed by atoms with Gasteiger partial charge < -0.3 is 9.64 Å². The van der Waals surface area contributed by atoms with E-state index in [1.807, 2.05) is 60.7 Å². The predicted octanol–water partition coefficient (Wildman–Crippen LogP) is 2.94. The molecule has 4 heteroatoms. The molecule has 0 N–H and O–H groups in total. The molecule has 0 aromatic heterocycles. The van der Waals surface area contributed by atoms with Crippen molar-refractivity contribution in [2.45, 2.75) is 13.2 Å². The fourth-order valence-corrected chi connectivity index (χ4v) is 2.08. The van der Waals surface area contributed by atoms with E-state index in [0.717, 1.165) is 11.1 Å². The lowest BCUT2D eigenvalue weighted by molar-refractivity contribution is -0.149. The number of amides is 1. The van der Waals surface area contributed by atoms with E-state index in [9.17, 15) is 9.59 Å². The molecule has 0 heterocycles. The van der Waals surface area contributed by atoms with E-state index in [1.165, 1.54) is 11.0 Å². The van der Waals surface area contributed by atoms with E-state index < -0.39 is 5.97 Å². The van der Waals surface area contributed by atoms with Crippen molar-refractivity contribution in [1.82, 2.24) is 4.90 Å². The Morgan fingerprint density at radius 1 is 0.957 bits per heavy atom. The maximum Gasteiger partial charge on any atom is 0.325 e. The van der Waals surface area contributed by atoms with E-state index in [-0.39, 0.29) is 19.1 Å². The Morgan fingerprint density at radius 2 is 1.52 bits per heavy atom. The summed E-state index contributed by atoms with van der Waals surface area (Å²) < 4.78 is 5.22. The number of nitrogens with zero attached hydrogens (tertiary/aromatic N) is 1. The lowest BCUT2D eigenvalue weighted by atomic mass is 10.2. The summed E-state index contributed by atoms with van der Waals surface area (Å²) in [5.41, 5.74) is 1.85. The van der Waals surface area contributed by atoms with Crippen LogP contribution in [0.25, 0.3) is 0 Å². The van der Waals surface area contributed by atoms with Gasteiger partial charge in [-0.1, -0.05) is 67.2 Å². The molecule has 0 spiro atoms. The number of hydrogen-bond acceptors (Lipinski definition) is 3. The fraction of sp³-hybridized carbons (Fsp3) is 0.158. The highest BCUT2D eigenvalue weighted by molar-refractivity contribution is 5.89. The van der Waals surface area contributed by atoms with Gasteiger partial charge >= 0.3 is 5.97 Å². The van der Waals surface area contributed by atoms with Crippen molar-refractivity contribution < 1.29 is 14.3 Å². The average Bonchev–Trinajstić information content (AvgIpc) is 2.60. The molecule has 2 aromatic carbocycles. The SMILES string of the molecule is C=CC(=O)N(CC(=O)OCc1ccccc1)Cc1ccccc1. The Bertz CT molecular complexity index is 653. The van der Waals surface area contributed by atoms with Gasteiger partial charge in [0.25, 0.3) is 0 Å². The third kappa shape index (κ3) is 5.43. The minimum atomic E-state index is -0.444. The van der Waals surface area contributed by atoms with Gasteiger partial charge in [0.1, 0.15) is 13.2 Å². The average molecular weight is 309 g/mol. The van der Waals surface area contributed by atoms with Gasteiger partial charge in [0.15, 0.2) is 0 Å². The van der Waals surface area contributed by atoms with Crippen LogP contribution in [0.15, 0.2) is 73.3 Å². The molecule has 0 unspecified atom stereocenters. The van der Waals surface area contributed by atoms with Crippen LogP contribution in [0.4, 0.5) is 0 Å². The third-order valence-electron chi connectivity index (χ3n) is 3.27. The topological polar surface area (TPSA) is 46.6 Å². The molecule has 0 aliphatic carbocycles. The molecule has 0 saturated carbocycles. The van der Waals surface area contributed by atoms with E-state index in [0.29, 0.717) is 6.54 Å². The van der Waals surface area contributed by atoms with E-state index >= 15 is 0 Å². The van der Waals surface area contributed by atoms with Crippen molar-refractivity contribution in [3.63, 3.8) is 0 Å². The monoisotopic (exact) mass is 309 g/mol. The first-order valence-electron chi connectivity index (χ1n) is 7.34. The number of hydrogen-bond donors (Lipinski definition) is 0. The molecule has 0 fully saturated rings. The second kappa shape index (κ2) is 8.54. The molecule has 4 nitrogen and oxygen atoms in total. The highest BCUT2D eigenvalue weighted by Crippen LogP contribution is 2.07. The molecule has 118 valence electrons. The minimum absolute atomic E-state index is 0.105. The van der Waals surface area contributed by atoms with Crippen molar-refractivity contribution >= 4 is 11.9 Å². The number of ether oxygens (including phenoxy) is 1. The fourth-order valence-electron chi connectivity index (χ4n) is 2.08. The molecule has 0 aliphatic heterocycles. The minimum Gasteiger partial charge on any atom is -0.459 e. The Labute approximate surface area is 136 Å². The largest absolute Gasteiger partial charge is 0.459 e. The molecule has 1 amide bonds. The van der Waals surface area contributed by atoms with Gasteiger partial charge in [0.2, 0.25) is 5.91 Å². The molecular weight excluding hydrogens is 290 g/mol. The second-order valence-corrected chi connectivity index (χ2v) is 5.03. The van der Waals surface area contributed by atoms with Crippen molar-refractivity contribution in [3.8, 4) is 0 Å². The standard InChI is InChI=1S/C19H19NO3/c1-2-18(21)20(13-16-9-5-3-6-10-16)14-19(22)23-15-17-11-7-4-8-12-17/h2-12H,1,13-15H2. The first-order chi connectivity index (χ1) is 11.2. The summed E-state index contributed by atoms with van der Waals surface area (Å²) in [5.74, 6) is -0.745. The summed E-state index contributed by atoms with van der Waals surface area (Å²) in [7, 11) is 0. The smallest absolute Gasteiger partial charge is 0.325 e. The summed E-state index contributed by atoms with van der Waals surface area (Å²) in [5, 5.41) is 0. The number of esters is 1. The summed E-state index contributed by atoms with van der Waals surface area (Å²) in [4.78, 5) is 25.3. The molecule has 0 aliphatic rings. The Balaban J connectivity index is 1.93. The van der Waals surface area contributed by atoms with Crippen LogP contribution in [0.3, 0.4) is 0 Å². The Kier molecular flexibility index (Phi) is 6.12. The number of rotatable bonds is 7. The van der Waals surface area contributed by atoms with E-state index in [1.54, 1.807) is 0 Å². The zero-order valence-corrected chi connectivity index (χ0v) is 12.9. The summed E-state index contributed by atoms with van der Waals surface area (Å²) in [6, 6.07) is 18.9. The molecule has 0 radical (unpaired) electrons. The van der Waals surface area contributed by atoms with Crippen molar-refractivity contribution in [2.24, 2.45) is 0 Å². The predicted molar refractivity (Wildman–Crippen MR) is 88.3 cm³/mol. The lowest BCUT2D eigenvalue weighted by Gasteiger charge is -2.20. The first-order valence-corrected chi connectivity index (χ1v) is 7.34. The maximum atomic E-state index is 12.0. The highest BCUT2D eigenvalue weighted by atomic mass is 16.5. The molecule has 0 atom stereocenters. The van der Waals surface area contributed by atoms with Gasteiger partial charge in [0, 0.05) is 6.54 Å². The van der Waals surface area contributed by atoms with Crippen LogP contribution in [0.5, 0.6) is 0 Å². The van der Waals surface area contributed by atoms with Gasteiger partial charge in [-0.05, 0) is 17.2 Å². The number of benzene rings is 2. The number of carbonyl (C=O) groups excluding carboxylic acids is 2. The zero-order chi connectivity index (χ0) is 16.5. The molecule has 0 saturated heterocycles. The third-order valence-corrected chi connectivity index (χ3v) is 3.27. The van der Waals surface area contributed by atoms with Crippen molar-refractivity contribution in [2.75, 3.05) is 6.54 Å². The molecule has 2 rings (SSSR count). The van der Waals surface area contributed by atoms with Crippen LogP contribution >= 0.6 is 0 Å². The first kappa shape index (κ1) is 16.5. The van der Waals surface area contributed by atoms with Gasteiger partial charge in [0.05, 0.1) is 0 Å². The molecule has 23 heavy (non-hydrogen) atoms. The van der Waals surface area contributed by atoms with Gasteiger partial charge in [-0.25, -0.2) is 0 Å². The second-order valence-electron chi connectivity index (χ2n) is 5.03. The van der Waals surface area contributed by atoms with Crippen LogP contribution in [-0.4, -0.2) is 23.3 Å². The van der Waals surface area contributed by atoms with E-state index in [2.05, 4.69) is 6.58 Å². The molecular formula is C19H19NO3. The zero-order valence-electron chi connectivity index (χ0n) is 12.9. The van der Waals surface area contributed by atoms with E-state index in [4.69, 9.17) is 4.74 Å². The maximum absolute atomic E-state index is 12.0. The summed E-state index contributed by atoms with van der Waals surface area (Å²) >= 11 is 0. The highest BCUT2D eigenvalue weighted by Gasteiger charge is 2.16. The Morgan fingerprint density at radius 3 is 2.09 bits per heavy atom. The van der Waals surface area contributed by atoms with Crippen LogP contribution in [0.1, 0.15) is 11.1 Å². The summed E-state index contributed by atoms with van der Waals surface area (Å²) in [6.45, 7) is 3.91. The lowest BCUT2D eigenvalue weighted by Crippen LogP contribution is -2.34. The van der Waals surface area contributed by atoms with Crippen LogP contribution < -0.4 is 0 Å².